The highest BCUT2D eigenvalue weighted by Gasteiger charge is 2.33. The van der Waals surface area contributed by atoms with Gasteiger partial charge in [-0.25, -0.2) is 18.4 Å². The number of carboxylic acid groups (broad SMARTS) is 1. The molecule has 8 rings (SSSR count). The molecule has 0 radical (unpaired) electrons. The van der Waals surface area contributed by atoms with E-state index in [-0.39, 0.29) is 12.6 Å². The smallest absolute Gasteiger partial charge is 0.338 e. The van der Waals surface area contributed by atoms with Crippen LogP contribution < -0.4 is 0 Å². The number of aromatic nitrogens is 2. The number of carbonyl (C=O) groups excluding carboxylic acids is 1. The number of halogens is 2. The van der Waals surface area contributed by atoms with Gasteiger partial charge in [-0.2, -0.15) is 0 Å². The lowest BCUT2D eigenvalue weighted by Gasteiger charge is -2.33. The lowest BCUT2D eigenvalue weighted by atomic mass is 9.75. The SMILES string of the molecule is CCOC(=O)c1ccc2c(c1)c1c(n2CCF)CCC(C2CCOCC2)C1.O=C(O)c1ccc2c(c1)c1c(n2CCF)CCC(C2CCOCC2)C1. The van der Waals surface area contributed by atoms with Crippen molar-refractivity contribution in [1.82, 2.24) is 9.13 Å². The highest BCUT2D eigenvalue weighted by atomic mass is 19.1. The van der Waals surface area contributed by atoms with E-state index in [2.05, 4.69) is 9.13 Å². The average Bonchev–Trinajstić information content (AvgIpc) is 3.66. The number of fused-ring (bicyclic) bond motifs is 6. The van der Waals surface area contributed by atoms with Crippen LogP contribution in [0.4, 0.5) is 8.78 Å². The summed E-state index contributed by atoms with van der Waals surface area (Å²) in [5.41, 5.74) is 7.92. The normalized spacial score (nSPS) is 21.0. The van der Waals surface area contributed by atoms with Crippen molar-refractivity contribution in [2.24, 2.45) is 23.7 Å². The molecular formula is C42H52F2N2O6. The predicted octanol–water partition coefficient (Wildman–Crippen LogP) is 8.16. The molecule has 0 bridgehead atoms. The zero-order valence-corrected chi connectivity index (χ0v) is 30.3. The number of rotatable bonds is 9. The number of esters is 1. The van der Waals surface area contributed by atoms with E-state index < -0.39 is 12.6 Å². The third-order valence-corrected chi connectivity index (χ3v) is 12.2. The highest BCUT2D eigenvalue weighted by Crippen LogP contribution is 2.41. The quantitative estimate of drug-likeness (QED) is 0.176. The van der Waals surface area contributed by atoms with Gasteiger partial charge in [0.25, 0.3) is 0 Å². The van der Waals surface area contributed by atoms with Gasteiger partial charge in [0, 0.05) is 59.6 Å². The molecule has 2 unspecified atom stereocenters. The monoisotopic (exact) mass is 718 g/mol. The van der Waals surface area contributed by atoms with Crippen molar-refractivity contribution in [3.63, 3.8) is 0 Å². The van der Waals surface area contributed by atoms with Crippen molar-refractivity contribution in [1.29, 1.82) is 0 Å². The average molecular weight is 719 g/mol. The van der Waals surface area contributed by atoms with Gasteiger partial charge in [-0.05, 0) is 142 Å². The van der Waals surface area contributed by atoms with Crippen molar-refractivity contribution in [2.75, 3.05) is 46.4 Å². The number of carboxylic acids is 1. The molecule has 2 aliphatic carbocycles. The first-order chi connectivity index (χ1) is 25.4. The molecule has 0 spiro atoms. The number of benzene rings is 2. The van der Waals surface area contributed by atoms with Crippen molar-refractivity contribution >= 4 is 33.7 Å². The molecule has 10 heteroatoms. The maximum Gasteiger partial charge on any atom is 0.338 e. The first kappa shape index (κ1) is 36.6. The fourth-order valence-electron chi connectivity index (χ4n) is 9.69. The maximum absolute atomic E-state index is 13.2. The Morgan fingerprint density at radius 2 is 1.17 bits per heavy atom. The van der Waals surface area contributed by atoms with E-state index in [0.29, 0.717) is 54.5 Å². The number of hydrogen-bond donors (Lipinski definition) is 1. The van der Waals surface area contributed by atoms with Gasteiger partial charge in [-0.1, -0.05) is 0 Å². The minimum Gasteiger partial charge on any atom is -0.478 e. The Kier molecular flexibility index (Phi) is 11.6. The van der Waals surface area contributed by atoms with Crippen LogP contribution in [0.3, 0.4) is 0 Å². The molecule has 0 saturated carbocycles. The molecule has 2 saturated heterocycles. The molecule has 0 amide bonds. The molecule has 4 aliphatic rings. The second kappa shape index (κ2) is 16.5. The molecule has 2 aliphatic heterocycles. The molecule has 8 nitrogen and oxygen atoms in total. The van der Waals surface area contributed by atoms with Gasteiger partial charge in [0.2, 0.25) is 0 Å². The van der Waals surface area contributed by atoms with Crippen LogP contribution in [0.1, 0.15) is 88.7 Å². The molecule has 280 valence electrons. The molecular weight excluding hydrogens is 666 g/mol. The van der Waals surface area contributed by atoms with Crippen LogP contribution in [0.25, 0.3) is 21.8 Å². The fraction of sp³-hybridized carbons (Fsp3) is 0.571. The summed E-state index contributed by atoms with van der Waals surface area (Å²) in [6.07, 6.45) is 10.7. The van der Waals surface area contributed by atoms with Gasteiger partial charge in [0.05, 0.1) is 30.8 Å². The van der Waals surface area contributed by atoms with Gasteiger partial charge in [0.1, 0.15) is 13.3 Å². The van der Waals surface area contributed by atoms with E-state index >= 15 is 0 Å². The summed E-state index contributed by atoms with van der Waals surface area (Å²) >= 11 is 0. The van der Waals surface area contributed by atoms with Gasteiger partial charge >= 0.3 is 11.9 Å². The molecule has 4 aromatic rings. The molecule has 2 aromatic heterocycles. The minimum atomic E-state index is -0.911. The minimum absolute atomic E-state index is 0.289. The van der Waals surface area contributed by atoms with Crippen molar-refractivity contribution in [2.45, 2.75) is 84.2 Å². The van der Waals surface area contributed by atoms with Crippen molar-refractivity contribution < 1.29 is 37.7 Å². The number of ether oxygens (including phenoxy) is 3. The first-order valence-electron chi connectivity index (χ1n) is 19.4. The van der Waals surface area contributed by atoms with Crippen molar-refractivity contribution in [3.05, 3.63) is 70.0 Å². The van der Waals surface area contributed by atoms with E-state index in [1.807, 2.05) is 25.1 Å². The topological polar surface area (TPSA) is 91.9 Å². The number of aromatic carboxylic acids is 1. The van der Waals surface area contributed by atoms with Crippen LogP contribution in [0.2, 0.25) is 0 Å². The molecule has 1 N–H and O–H groups in total. The summed E-state index contributed by atoms with van der Waals surface area (Å²) in [5, 5.41) is 11.4. The van der Waals surface area contributed by atoms with Crippen LogP contribution in [-0.4, -0.2) is 72.6 Å². The van der Waals surface area contributed by atoms with Gasteiger partial charge < -0.3 is 28.5 Å². The number of alkyl halides is 2. The molecule has 4 heterocycles. The summed E-state index contributed by atoms with van der Waals surface area (Å²) in [7, 11) is 0. The third-order valence-electron chi connectivity index (χ3n) is 12.2. The van der Waals surface area contributed by atoms with Crippen LogP contribution in [0, 0.1) is 23.7 Å². The Hall–Kier alpha value is -3.76. The van der Waals surface area contributed by atoms with E-state index in [0.717, 1.165) is 112 Å². The first-order valence-corrected chi connectivity index (χ1v) is 19.4. The number of carbonyl (C=O) groups is 2. The summed E-state index contributed by atoms with van der Waals surface area (Å²) in [5.74, 6) is 1.46. The van der Waals surface area contributed by atoms with Gasteiger partial charge in [-0.15, -0.1) is 0 Å². The van der Waals surface area contributed by atoms with Crippen LogP contribution >= 0.6 is 0 Å². The summed E-state index contributed by atoms with van der Waals surface area (Å²) in [4.78, 5) is 23.6. The zero-order chi connectivity index (χ0) is 36.2. The Labute approximate surface area is 304 Å². The van der Waals surface area contributed by atoms with E-state index in [4.69, 9.17) is 14.2 Å². The van der Waals surface area contributed by atoms with Crippen LogP contribution in [0.15, 0.2) is 36.4 Å². The standard InChI is InChI=1S/C22H28FNO3.C20H24FNO3/c1-2-27-22(25)17-4-6-21-19(14-17)18-13-16(15-7-11-26-12-8-15)3-5-20(18)24(21)10-9-23;21-7-8-22-18-3-1-14(13-5-9-25-10-6-13)11-16(18)17-12-15(20(23)24)2-4-19(17)22/h4,6,14-16H,2-3,5,7-13H2,1H3;2,4,12-14H,1,3,5-11H2,(H,23,24). The third kappa shape index (κ3) is 7.38. The fourth-order valence-corrected chi connectivity index (χ4v) is 9.69. The van der Waals surface area contributed by atoms with Crippen LogP contribution in [-0.2, 0) is 53.0 Å². The lowest BCUT2D eigenvalue weighted by molar-refractivity contribution is 0.0438. The number of aryl methyl sites for hydroxylation is 2. The highest BCUT2D eigenvalue weighted by molar-refractivity contribution is 5.97. The summed E-state index contributed by atoms with van der Waals surface area (Å²) in [6, 6.07) is 11.0. The van der Waals surface area contributed by atoms with Crippen LogP contribution in [0.5, 0.6) is 0 Å². The largest absolute Gasteiger partial charge is 0.478 e. The molecule has 2 fully saturated rings. The molecule has 2 aromatic carbocycles. The Balaban J connectivity index is 0.000000162. The van der Waals surface area contributed by atoms with E-state index in [9.17, 15) is 23.5 Å². The molecule has 2 atom stereocenters. The van der Waals surface area contributed by atoms with E-state index in [1.165, 1.54) is 22.5 Å². The number of hydrogen-bond acceptors (Lipinski definition) is 5. The second-order valence-electron chi connectivity index (χ2n) is 14.9. The Bertz CT molecular complexity index is 1890. The zero-order valence-electron chi connectivity index (χ0n) is 30.3. The second-order valence-corrected chi connectivity index (χ2v) is 14.9. The Morgan fingerprint density at radius 3 is 1.62 bits per heavy atom. The summed E-state index contributed by atoms with van der Waals surface area (Å²) < 4.78 is 46.7. The van der Waals surface area contributed by atoms with Gasteiger partial charge in [-0.3, -0.25) is 0 Å². The lowest BCUT2D eigenvalue weighted by Crippen LogP contribution is -2.28. The van der Waals surface area contributed by atoms with Gasteiger partial charge in [0.15, 0.2) is 0 Å². The maximum atomic E-state index is 13.2. The van der Waals surface area contributed by atoms with E-state index in [1.54, 1.807) is 18.2 Å². The Morgan fingerprint density at radius 1 is 0.712 bits per heavy atom. The van der Waals surface area contributed by atoms with Crippen molar-refractivity contribution in [3.8, 4) is 0 Å². The predicted molar refractivity (Wildman–Crippen MR) is 197 cm³/mol. The number of nitrogens with zero attached hydrogens (tertiary/aromatic N) is 2. The summed E-state index contributed by atoms with van der Waals surface area (Å²) in [6.45, 7) is 5.56. The molecule has 52 heavy (non-hydrogen) atoms.